The molecule has 0 radical (unpaired) electrons. The highest BCUT2D eigenvalue weighted by molar-refractivity contribution is 8.13. The fraction of sp³-hybridized carbons (Fsp3) is 0.250. The minimum absolute atomic E-state index is 0.0364. The van der Waals surface area contributed by atoms with Crippen LogP contribution in [0.3, 0.4) is 0 Å². The molecule has 0 spiro atoms. The van der Waals surface area contributed by atoms with Gasteiger partial charge >= 0.3 is 0 Å². The van der Waals surface area contributed by atoms with Crippen LogP contribution in [-0.2, 0) is 4.79 Å². The predicted octanol–water partition coefficient (Wildman–Crippen LogP) is 1.28. The molecule has 1 fully saturated rings. The third-order valence-electron chi connectivity index (χ3n) is 2.88. The van der Waals surface area contributed by atoms with Crippen LogP contribution in [0.25, 0.3) is 11.0 Å². The van der Waals surface area contributed by atoms with Gasteiger partial charge in [0.25, 0.3) is 11.1 Å². The van der Waals surface area contributed by atoms with Gasteiger partial charge in [-0.25, -0.2) is 9.66 Å². The summed E-state index contributed by atoms with van der Waals surface area (Å²) in [5.74, 6) is 0.527. The zero-order valence-electron chi connectivity index (χ0n) is 10.1. The molecule has 3 rings (SSSR count). The van der Waals surface area contributed by atoms with Crippen molar-refractivity contribution in [1.29, 1.82) is 0 Å². The van der Waals surface area contributed by atoms with E-state index in [1.54, 1.807) is 15.9 Å². The maximum absolute atomic E-state index is 11.9. The van der Waals surface area contributed by atoms with Crippen molar-refractivity contribution in [3.8, 4) is 0 Å². The van der Waals surface area contributed by atoms with Crippen molar-refractivity contribution in [2.45, 2.75) is 0 Å². The van der Waals surface area contributed by atoms with Crippen LogP contribution in [0.5, 0.6) is 0 Å². The Kier molecular flexibility index (Phi) is 3.12. The number of amides is 2. The Balaban J connectivity index is 1.71. The van der Waals surface area contributed by atoms with E-state index >= 15 is 0 Å². The Morgan fingerprint density at radius 3 is 3.05 bits per heavy atom. The molecule has 7 heteroatoms. The van der Waals surface area contributed by atoms with Crippen LogP contribution >= 0.6 is 11.8 Å². The van der Waals surface area contributed by atoms with Gasteiger partial charge in [0.05, 0.1) is 11.0 Å². The van der Waals surface area contributed by atoms with Crippen molar-refractivity contribution in [1.82, 2.24) is 14.6 Å². The smallest absolute Gasteiger partial charge is 0.282 e. The lowest BCUT2D eigenvalue weighted by Crippen LogP contribution is -2.36. The number of nitrogens with zero attached hydrogens (tertiary/aromatic N) is 3. The van der Waals surface area contributed by atoms with Crippen LogP contribution in [0, 0.1) is 0 Å². The summed E-state index contributed by atoms with van der Waals surface area (Å²) in [4.78, 5) is 29.0. The van der Waals surface area contributed by atoms with Crippen LogP contribution in [0.15, 0.2) is 30.6 Å². The van der Waals surface area contributed by atoms with Crippen molar-refractivity contribution in [3.63, 3.8) is 0 Å². The lowest BCUT2D eigenvalue weighted by Gasteiger charge is -2.14. The lowest BCUT2D eigenvalue weighted by atomic mass is 10.3. The Labute approximate surface area is 113 Å². The monoisotopic (exact) mass is 276 g/mol. The third-order valence-corrected chi connectivity index (χ3v) is 3.77. The molecule has 1 N–H and O–H groups in total. The molecule has 1 saturated heterocycles. The molecule has 0 bridgehead atoms. The van der Waals surface area contributed by atoms with E-state index in [1.165, 1.54) is 11.8 Å². The van der Waals surface area contributed by atoms with Gasteiger partial charge in [-0.15, -0.1) is 0 Å². The molecule has 19 heavy (non-hydrogen) atoms. The lowest BCUT2D eigenvalue weighted by molar-refractivity contribution is -0.117. The molecule has 0 saturated carbocycles. The molecule has 0 unspecified atom stereocenters. The van der Waals surface area contributed by atoms with E-state index in [0.29, 0.717) is 6.54 Å². The summed E-state index contributed by atoms with van der Waals surface area (Å²) in [5, 5.41) is -0.0364. The van der Waals surface area contributed by atoms with Gasteiger partial charge in [0, 0.05) is 12.3 Å². The molecule has 2 amide bonds. The zero-order chi connectivity index (χ0) is 13.2. The Morgan fingerprint density at radius 1 is 1.42 bits per heavy atom. The number of carbonyl (C=O) groups excluding carboxylic acids is 2. The number of hydrogen-bond acceptors (Lipinski definition) is 4. The first-order chi connectivity index (χ1) is 9.24. The first-order valence-electron chi connectivity index (χ1n) is 5.88. The molecule has 1 aliphatic rings. The molecule has 6 nitrogen and oxygen atoms in total. The first-order valence-corrected chi connectivity index (χ1v) is 6.86. The number of hydrogen-bond donors (Lipinski definition) is 1. The second-order valence-corrected chi connectivity index (χ2v) is 5.22. The molecule has 0 aliphatic carbocycles. The minimum Gasteiger partial charge on any atom is -0.323 e. The fourth-order valence-corrected chi connectivity index (χ4v) is 2.79. The minimum atomic E-state index is -0.223. The van der Waals surface area contributed by atoms with E-state index in [1.807, 2.05) is 24.3 Å². The Morgan fingerprint density at radius 2 is 2.26 bits per heavy atom. The maximum atomic E-state index is 11.9. The number of thioether (sulfide) groups is 1. The number of fused-ring (bicyclic) bond motifs is 1. The van der Waals surface area contributed by atoms with E-state index < -0.39 is 0 Å². The molecule has 98 valence electrons. The van der Waals surface area contributed by atoms with Gasteiger partial charge in [-0.1, -0.05) is 23.9 Å². The number of para-hydroxylation sites is 2. The summed E-state index contributed by atoms with van der Waals surface area (Å²) >= 11 is 1.25. The van der Waals surface area contributed by atoms with Gasteiger partial charge in [-0.05, 0) is 12.1 Å². The van der Waals surface area contributed by atoms with Gasteiger partial charge in [-0.2, -0.15) is 0 Å². The maximum Gasteiger partial charge on any atom is 0.282 e. The Bertz CT molecular complexity index is 639. The largest absolute Gasteiger partial charge is 0.323 e. The molecular formula is C12H12N4O2S. The zero-order valence-corrected chi connectivity index (χ0v) is 10.9. The molecule has 1 aromatic heterocycles. The summed E-state index contributed by atoms with van der Waals surface area (Å²) in [7, 11) is 0. The molecule has 1 aromatic carbocycles. The number of benzene rings is 1. The summed E-state index contributed by atoms with van der Waals surface area (Å²) in [6, 6.07) is 7.52. The van der Waals surface area contributed by atoms with E-state index in [-0.39, 0.29) is 17.7 Å². The summed E-state index contributed by atoms with van der Waals surface area (Å²) < 4.78 is 1.57. The van der Waals surface area contributed by atoms with Crippen molar-refractivity contribution in [3.05, 3.63) is 30.6 Å². The second kappa shape index (κ2) is 4.93. The van der Waals surface area contributed by atoms with Crippen molar-refractivity contribution in [2.75, 3.05) is 24.3 Å². The summed E-state index contributed by atoms with van der Waals surface area (Å²) in [6.07, 6.45) is 1.56. The highest BCUT2D eigenvalue weighted by Crippen LogP contribution is 2.16. The quantitative estimate of drug-likeness (QED) is 0.917. The molecule has 2 heterocycles. The highest BCUT2D eigenvalue weighted by Gasteiger charge is 2.23. The molecule has 1 aliphatic heterocycles. The number of aromatic nitrogens is 2. The average molecular weight is 276 g/mol. The number of rotatable bonds is 3. The van der Waals surface area contributed by atoms with Crippen LogP contribution in [0.2, 0.25) is 0 Å². The summed E-state index contributed by atoms with van der Waals surface area (Å²) in [6.45, 7) is 0.708. The average Bonchev–Trinajstić information content (AvgIpc) is 2.98. The van der Waals surface area contributed by atoms with Gasteiger partial charge in [-0.3, -0.25) is 15.0 Å². The standard InChI is InChI=1S/C12H12N4O2S/c17-11(7-15-5-6-19-12(15)18)14-16-8-13-9-3-1-2-4-10(9)16/h1-4,8H,5-7H2,(H,14,17). The topological polar surface area (TPSA) is 67.2 Å². The SMILES string of the molecule is O=C(CN1CCSC1=O)Nn1cnc2ccccc21. The first kappa shape index (κ1) is 12.0. The molecular weight excluding hydrogens is 264 g/mol. The van der Waals surface area contributed by atoms with E-state index in [2.05, 4.69) is 10.4 Å². The number of carbonyl (C=O) groups is 2. The van der Waals surface area contributed by atoms with Crippen LogP contribution in [0.4, 0.5) is 4.79 Å². The van der Waals surface area contributed by atoms with Crippen LogP contribution < -0.4 is 5.43 Å². The van der Waals surface area contributed by atoms with Crippen LogP contribution in [-0.4, -0.2) is 44.5 Å². The predicted molar refractivity (Wildman–Crippen MR) is 73.5 cm³/mol. The van der Waals surface area contributed by atoms with Crippen molar-refractivity contribution < 1.29 is 9.59 Å². The van der Waals surface area contributed by atoms with Gasteiger partial charge < -0.3 is 4.90 Å². The van der Waals surface area contributed by atoms with Gasteiger partial charge in [0.1, 0.15) is 12.9 Å². The van der Waals surface area contributed by atoms with Crippen LogP contribution in [0.1, 0.15) is 0 Å². The number of nitrogens with one attached hydrogen (secondary N) is 1. The van der Waals surface area contributed by atoms with Gasteiger partial charge in [0.15, 0.2) is 0 Å². The van der Waals surface area contributed by atoms with E-state index in [4.69, 9.17) is 0 Å². The highest BCUT2D eigenvalue weighted by atomic mass is 32.2. The molecule has 2 aromatic rings. The van der Waals surface area contributed by atoms with Crippen molar-refractivity contribution in [2.24, 2.45) is 0 Å². The fourth-order valence-electron chi connectivity index (χ4n) is 1.96. The third kappa shape index (κ3) is 2.41. The van der Waals surface area contributed by atoms with Crippen molar-refractivity contribution >= 4 is 33.9 Å². The summed E-state index contributed by atoms with van der Waals surface area (Å²) in [5.41, 5.74) is 4.37. The van der Waals surface area contributed by atoms with E-state index in [0.717, 1.165) is 16.8 Å². The molecule has 0 atom stereocenters. The Hall–Kier alpha value is -2.02. The van der Waals surface area contributed by atoms with E-state index in [9.17, 15) is 9.59 Å². The van der Waals surface area contributed by atoms with Gasteiger partial charge in [0.2, 0.25) is 0 Å². The normalized spacial score (nSPS) is 15.2. The number of imidazole rings is 1. The second-order valence-electron chi connectivity index (χ2n) is 4.17.